The molecule has 88 valence electrons. The SMILES string of the molecule is COc1cc(Br)c(C(=O)C(C)Cl)c(OC)c1. The Kier molecular flexibility index (Phi) is 4.62. The van der Waals surface area contributed by atoms with Crippen molar-refractivity contribution < 1.29 is 14.3 Å². The molecule has 1 unspecified atom stereocenters. The fraction of sp³-hybridized carbons (Fsp3) is 0.364. The van der Waals surface area contributed by atoms with Gasteiger partial charge in [-0.2, -0.15) is 0 Å². The Hall–Kier alpha value is -0.740. The second-order valence-corrected chi connectivity index (χ2v) is 4.68. The highest BCUT2D eigenvalue weighted by Gasteiger charge is 2.21. The van der Waals surface area contributed by atoms with E-state index in [9.17, 15) is 4.79 Å². The van der Waals surface area contributed by atoms with Crippen LogP contribution >= 0.6 is 27.5 Å². The number of hydrogen-bond donors (Lipinski definition) is 0. The second kappa shape index (κ2) is 5.55. The topological polar surface area (TPSA) is 35.5 Å². The van der Waals surface area contributed by atoms with Crippen molar-refractivity contribution in [2.24, 2.45) is 0 Å². The Morgan fingerprint density at radius 3 is 2.44 bits per heavy atom. The lowest BCUT2D eigenvalue weighted by Crippen LogP contribution is -2.13. The van der Waals surface area contributed by atoms with Crippen molar-refractivity contribution in [1.82, 2.24) is 0 Å². The maximum atomic E-state index is 11.9. The maximum Gasteiger partial charge on any atom is 0.185 e. The molecule has 0 N–H and O–H groups in total. The quantitative estimate of drug-likeness (QED) is 0.632. The zero-order valence-electron chi connectivity index (χ0n) is 9.21. The molecule has 3 nitrogen and oxygen atoms in total. The van der Waals surface area contributed by atoms with Crippen LogP contribution in [-0.4, -0.2) is 25.4 Å². The lowest BCUT2D eigenvalue weighted by Gasteiger charge is -2.12. The number of rotatable bonds is 4. The molecule has 0 saturated carbocycles. The van der Waals surface area contributed by atoms with Crippen molar-refractivity contribution in [1.29, 1.82) is 0 Å². The summed E-state index contributed by atoms with van der Waals surface area (Å²) in [4.78, 5) is 11.9. The Morgan fingerprint density at radius 2 is 2.00 bits per heavy atom. The average Bonchev–Trinajstić information content (AvgIpc) is 2.26. The van der Waals surface area contributed by atoms with Gasteiger partial charge in [0.1, 0.15) is 11.5 Å². The Balaban J connectivity index is 3.32. The van der Waals surface area contributed by atoms with Crippen LogP contribution in [0.4, 0.5) is 0 Å². The first-order chi connectivity index (χ1) is 7.51. The van der Waals surface area contributed by atoms with E-state index >= 15 is 0 Å². The van der Waals surface area contributed by atoms with Gasteiger partial charge in [0.15, 0.2) is 5.78 Å². The molecular weight excluding hydrogens is 295 g/mol. The van der Waals surface area contributed by atoms with Gasteiger partial charge in [-0.25, -0.2) is 0 Å². The molecule has 0 fully saturated rings. The van der Waals surface area contributed by atoms with E-state index < -0.39 is 5.38 Å². The van der Waals surface area contributed by atoms with Crippen LogP contribution in [0, 0.1) is 0 Å². The van der Waals surface area contributed by atoms with Crippen LogP contribution in [0.5, 0.6) is 11.5 Å². The Morgan fingerprint density at radius 1 is 1.38 bits per heavy atom. The van der Waals surface area contributed by atoms with Crippen molar-refractivity contribution in [3.63, 3.8) is 0 Å². The number of halogens is 2. The summed E-state index contributed by atoms with van der Waals surface area (Å²) in [5, 5.41) is -0.599. The third-order valence-corrected chi connectivity index (χ3v) is 2.91. The van der Waals surface area contributed by atoms with Gasteiger partial charge in [0.05, 0.1) is 25.2 Å². The van der Waals surface area contributed by atoms with Crippen molar-refractivity contribution >= 4 is 33.3 Å². The number of hydrogen-bond acceptors (Lipinski definition) is 3. The molecule has 0 aliphatic carbocycles. The minimum Gasteiger partial charge on any atom is -0.497 e. The summed E-state index contributed by atoms with van der Waals surface area (Å²) in [6.07, 6.45) is 0. The summed E-state index contributed by atoms with van der Waals surface area (Å²) in [6, 6.07) is 3.35. The number of ketones is 1. The van der Waals surface area contributed by atoms with Crippen LogP contribution in [0.3, 0.4) is 0 Å². The Bertz CT molecular complexity index is 404. The number of benzene rings is 1. The molecule has 1 aromatic rings. The molecule has 0 spiro atoms. The molecule has 0 aliphatic rings. The smallest absolute Gasteiger partial charge is 0.185 e. The number of Topliss-reactive ketones (excluding diaryl/α,β-unsaturated/α-hetero) is 1. The van der Waals surface area contributed by atoms with Crippen molar-refractivity contribution in [3.05, 3.63) is 22.2 Å². The molecular formula is C11H12BrClO3. The van der Waals surface area contributed by atoms with Gasteiger partial charge in [0, 0.05) is 10.5 Å². The monoisotopic (exact) mass is 306 g/mol. The average molecular weight is 308 g/mol. The summed E-state index contributed by atoms with van der Waals surface area (Å²) in [5.41, 5.74) is 0.436. The fourth-order valence-electron chi connectivity index (χ4n) is 1.27. The third kappa shape index (κ3) is 2.68. The molecule has 1 rings (SSSR count). The van der Waals surface area contributed by atoms with Gasteiger partial charge in [-0.05, 0) is 28.9 Å². The molecule has 0 heterocycles. The zero-order chi connectivity index (χ0) is 12.3. The number of carbonyl (C=O) groups excluding carboxylic acids is 1. The van der Waals surface area contributed by atoms with E-state index in [4.69, 9.17) is 21.1 Å². The van der Waals surface area contributed by atoms with Gasteiger partial charge >= 0.3 is 0 Å². The summed E-state index contributed by atoms with van der Waals surface area (Å²) in [6.45, 7) is 1.63. The van der Waals surface area contributed by atoms with Gasteiger partial charge in [-0.15, -0.1) is 11.6 Å². The van der Waals surface area contributed by atoms with E-state index in [-0.39, 0.29) is 5.78 Å². The van der Waals surface area contributed by atoms with E-state index in [0.717, 1.165) is 0 Å². The number of ether oxygens (including phenoxy) is 2. The van der Waals surface area contributed by atoms with E-state index in [1.165, 1.54) is 7.11 Å². The zero-order valence-corrected chi connectivity index (χ0v) is 11.6. The van der Waals surface area contributed by atoms with Crippen LogP contribution in [0.2, 0.25) is 0 Å². The van der Waals surface area contributed by atoms with Crippen molar-refractivity contribution in [2.45, 2.75) is 12.3 Å². The predicted octanol–water partition coefficient (Wildman–Crippen LogP) is 3.28. The standard InChI is InChI=1S/C11H12BrClO3/c1-6(13)11(14)10-8(12)4-7(15-2)5-9(10)16-3/h4-6H,1-3H3. The van der Waals surface area contributed by atoms with Crippen LogP contribution in [0.25, 0.3) is 0 Å². The summed E-state index contributed by atoms with van der Waals surface area (Å²) >= 11 is 9.09. The van der Waals surface area contributed by atoms with E-state index in [0.29, 0.717) is 21.5 Å². The molecule has 0 bridgehead atoms. The molecule has 0 amide bonds. The largest absolute Gasteiger partial charge is 0.497 e. The van der Waals surface area contributed by atoms with Gasteiger partial charge in [-0.3, -0.25) is 4.79 Å². The van der Waals surface area contributed by atoms with Crippen LogP contribution < -0.4 is 9.47 Å². The van der Waals surface area contributed by atoms with E-state index in [2.05, 4.69) is 15.9 Å². The van der Waals surface area contributed by atoms with E-state index in [1.807, 2.05) is 0 Å². The third-order valence-electron chi connectivity index (χ3n) is 2.09. The summed E-state index contributed by atoms with van der Waals surface area (Å²) in [5.74, 6) is 0.874. The van der Waals surface area contributed by atoms with Crippen LogP contribution in [-0.2, 0) is 0 Å². The van der Waals surface area contributed by atoms with Gasteiger partial charge in [-0.1, -0.05) is 0 Å². The second-order valence-electron chi connectivity index (χ2n) is 3.17. The molecule has 1 atom stereocenters. The summed E-state index contributed by atoms with van der Waals surface area (Å²) in [7, 11) is 3.05. The van der Waals surface area contributed by atoms with Gasteiger partial charge in [0.2, 0.25) is 0 Å². The number of carbonyl (C=O) groups is 1. The predicted molar refractivity (Wildman–Crippen MR) is 66.9 cm³/mol. The molecule has 0 saturated heterocycles. The molecule has 5 heteroatoms. The maximum absolute atomic E-state index is 11.9. The first kappa shape index (κ1) is 13.3. The molecule has 16 heavy (non-hydrogen) atoms. The molecule has 1 aromatic carbocycles. The number of alkyl halides is 1. The lowest BCUT2D eigenvalue weighted by atomic mass is 10.1. The van der Waals surface area contributed by atoms with Crippen LogP contribution in [0.15, 0.2) is 16.6 Å². The lowest BCUT2D eigenvalue weighted by molar-refractivity contribution is 0.0988. The van der Waals surface area contributed by atoms with E-state index in [1.54, 1.807) is 26.2 Å². The van der Waals surface area contributed by atoms with Gasteiger partial charge < -0.3 is 9.47 Å². The first-order valence-electron chi connectivity index (χ1n) is 4.61. The highest BCUT2D eigenvalue weighted by atomic mass is 79.9. The normalized spacial score (nSPS) is 12.1. The van der Waals surface area contributed by atoms with Crippen LogP contribution in [0.1, 0.15) is 17.3 Å². The Labute approximate surface area is 108 Å². The van der Waals surface area contributed by atoms with Crippen molar-refractivity contribution in [2.75, 3.05) is 14.2 Å². The summed E-state index contributed by atoms with van der Waals surface area (Å²) < 4.78 is 10.8. The minimum absolute atomic E-state index is 0.187. The molecule has 0 aromatic heterocycles. The number of methoxy groups -OCH3 is 2. The fourth-order valence-corrected chi connectivity index (χ4v) is 2.00. The highest BCUT2D eigenvalue weighted by Crippen LogP contribution is 2.33. The van der Waals surface area contributed by atoms with Gasteiger partial charge in [0.25, 0.3) is 0 Å². The molecule has 0 aliphatic heterocycles. The van der Waals surface area contributed by atoms with Crippen molar-refractivity contribution in [3.8, 4) is 11.5 Å². The minimum atomic E-state index is -0.599. The first-order valence-corrected chi connectivity index (χ1v) is 5.84. The highest BCUT2D eigenvalue weighted by molar-refractivity contribution is 9.10. The molecule has 0 radical (unpaired) electrons.